The van der Waals surface area contributed by atoms with Crippen molar-refractivity contribution in [3.8, 4) is 17.2 Å². The maximum atomic E-state index is 13.2. The first-order valence-electron chi connectivity index (χ1n) is 11.1. The Morgan fingerprint density at radius 1 is 1.16 bits per heavy atom. The third-order valence-corrected chi connectivity index (χ3v) is 5.97. The van der Waals surface area contributed by atoms with Crippen LogP contribution >= 0.6 is 0 Å². The van der Waals surface area contributed by atoms with Gasteiger partial charge in [-0.25, -0.2) is 4.98 Å². The summed E-state index contributed by atoms with van der Waals surface area (Å²) in [5, 5.41) is 0.489. The Balaban J connectivity index is 1.44. The zero-order valence-electron chi connectivity index (χ0n) is 18.6. The highest BCUT2D eigenvalue weighted by molar-refractivity contribution is 5.84. The van der Waals surface area contributed by atoms with Crippen molar-refractivity contribution < 1.29 is 9.47 Å². The van der Waals surface area contributed by atoms with Crippen LogP contribution in [0.4, 0.5) is 0 Å². The fraction of sp³-hybridized carbons (Fsp3) is 0.440. The molecule has 0 radical (unpaired) electrons. The topological polar surface area (TPSA) is 56.6 Å². The van der Waals surface area contributed by atoms with Crippen molar-refractivity contribution in [1.82, 2.24) is 14.5 Å². The number of aryl methyl sites for hydroxylation is 1. The van der Waals surface area contributed by atoms with Crippen LogP contribution in [0.5, 0.6) is 11.5 Å². The largest absolute Gasteiger partial charge is 0.496 e. The summed E-state index contributed by atoms with van der Waals surface area (Å²) >= 11 is 0. The highest BCUT2D eigenvalue weighted by Crippen LogP contribution is 2.23. The van der Waals surface area contributed by atoms with Crippen LogP contribution in [0.25, 0.3) is 16.6 Å². The van der Waals surface area contributed by atoms with Crippen molar-refractivity contribution in [2.45, 2.75) is 33.1 Å². The number of benzene rings is 2. The van der Waals surface area contributed by atoms with Gasteiger partial charge in [0.15, 0.2) is 0 Å². The molecule has 1 saturated heterocycles. The summed E-state index contributed by atoms with van der Waals surface area (Å²) in [4.78, 5) is 20.3. The fourth-order valence-corrected chi connectivity index (χ4v) is 4.44. The minimum atomic E-state index is -0.135. The van der Waals surface area contributed by atoms with Gasteiger partial charge in [-0.1, -0.05) is 13.0 Å². The van der Waals surface area contributed by atoms with Crippen LogP contribution in [-0.2, 0) is 0 Å². The van der Waals surface area contributed by atoms with Gasteiger partial charge in [-0.3, -0.25) is 9.36 Å². The van der Waals surface area contributed by atoms with E-state index in [2.05, 4.69) is 16.8 Å². The van der Waals surface area contributed by atoms with Gasteiger partial charge in [0, 0.05) is 13.1 Å². The van der Waals surface area contributed by atoms with Gasteiger partial charge in [-0.15, -0.1) is 0 Å². The van der Waals surface area contributed by atoms with Gasteiger partial charge in [-0.05, 0) is 75.0 Å². The van der Waals surface area contributed by atoms with E-state index in [-0.39, 0.29) is 5.56 Å². The smallest absolute Gasteiger partial charge is 0.269 e. The van der Waals surface area contributed by atoms with Crippen molar-refractivity contribution in [3.63, 3.8) is 0 Å². The molecular weight excluding hydrogens is 390 g/mol. The van der Waals surface area contributed by atoms with E-state index in [4.69, 9.17) is 9.47 Å². The SMILES string of the molecule is COc1cccc2nc(C)n(-c3ccc(OCCCN4CCC[C@H](C)C4)cc3)c(=O)c12. The summed E-state index contributed by atoms with van der Waals surface area (Å²) in [7, 11) is 1.57. The van der Waals surface area contributed by atoms with Gasteiger partial charge < -0.3 is 14.4 Å². The molecule has 164 valence electrons. The molecule has 0 aliphatic carbocycles. The number of rotatable bonds is 7. The lowest BCUT2D eigenvalue weighted by molar-refractivity contribution is 0.170. The lowest BCUT2D eigenvalue weighted by Gasteiger charge is -2.30. The normalized spacial score (nSPS) is 17.1. The molecule has 1 aromatic heterocycles. The number of aromatic nitrogens is 2. The minimum absolute atomic E-state index is 0.135. The fourth-order valence-electron chi connectivity index (χ4n) is 4.44. The Bertz CT molecular complexity index is 1090. The molecule has 31 heavy (non-hydrogen) atoms. The number of ether oxygens (including phenoxy) is 2. The van der Waals surface area contributed by atoms with Gasteiger partial charge in [-0.2, -0.15) is 0 Å². The highest BCUT2D eigenvalue weighted by atomic mass is 16.5. The molecule has 0 spiro atoms. The van der Waals surface area contributed by atoms with Crippen molar-refractivity contribution in [1.29, 1.82) is 0 Å². The first-order chi connectivity index (χ1) is 15.1. The summed E-state index contributed by atoms with van der Waals surface area (Å²) in [6, 6.07) is 13.1. The Morgan fingerprint density at radius 2 is 1.97 bits per heavy atom. The lowest BCUT2D eigenvalue weighted by atomic mass is 10.0. The predicted octanol–water partition coefficient (Wildman–Crippen LogP) is 4.20. The number of nitrogens with zero attached hydrogens (tertiary/aromatic N) is 3. The third kappa shape index (κ3) is 4.74. The van der Waals surface area contributed by atoms with Crippen LogP contribution in [0.2, 0.25) is 0 Å². The van der Waals surface area contributed by atoms with E-state index in [0.717, 1.165) is 30.3 Å². The standard InChI is InChI=1S/C25H31N3O3/c1-18-7-5-14-27(17-18)15-6-16-31-21-12-10-20(11-13-21)28-19(2)26-22-8-4-9-23(30-3)24(22)25(28)29/h4,8-13,18H,5-7,14-17H2,1-3H3/t18-/m0/s1. The highest BCUT2D eigenvalue weighted by Gasteiger charge is 2.16. The Kier molecular flexibility index (Phi) is 6.56. The van der Waals surface area contributed by atoms with E-state index < -0.39 is 0 Å². The summed E-state index contributed by atoms with van der Waals surface area (Å²) in [5.41, 5.74) is 1.27. The van der Waals surface area contributed by atoms with E-state index in [1.807, 2.05) is 43.3 Å². The number of methoxy groups -OCH3 is 1. The van der Waals surface area contributed by atoms with Crippen LogP contribution in [-0.4, -0.2) is 47.8 Å². The summed E-state index contributed by atoms with van der Waals surface area (Å²) in [6.07, 6.45) is 3.67. The summed E-state index contributed by atoms with van der Waals surface area (Å²) in [5.74, 6) is 2.79. The predicted molar refractivity (Wildman–Crippen MR) is 124 cm³/mol. The molecule has 4 rings (SSSR count). The van der Waals surface area contributed by atoms with Crippen molar-refractivity contribution in [3.05, 3.63) is 58.6 Å². The van der Waals surface area contributed by atoms with Gasteiger partial charge in [0.1, 0.15) is 22.7 Å². The zero-order valence-corrected chi connectivity index (χ0v) is 18.6. The molecule has 0 bridgehead atoms. The second-order valence-electron chi connectivity index (χ2n) is 8.40. The molecule has 1 atom stereocenters. The van der Waals surface area contributed by atoms with Gasteiger partial charge >= 0.3 is 0 Å². The molecule has 1 aliphatic heterocycles. The van der Waals surface area contributed by atoms with Crippen LogP contribution in [0, 0.1) is 12.8 Å². The number of hydrogen-bond donors (Lipinski definition) is 0. The van der Waals surface area contributed by atoms with Crippen molar-refractivity contribution in [2.24, 2.45) is 5.92 Å². The second-order valence-corrected chi connectivity index (χ2v) is 8.40. The first kappa shape index (κ1) is 21.4. The van der Waals surface area contributed by atoms with Crippen molar-refractivity contribution >= 4 is 10.9 Å². The van der Waals surface area contributed by atoms with Gasteiger partial charge in [0.05, 0.1) is 24.9 Å². The molecule has 3 aromatic rings. The molecule has 2 heterocycles. The Hall–Kier alpha value is -2.86. The molecule has 1 fully saturated rings. The molecule has 0 N–H and O–H groups in total. The molecular formula is C25H31N3O3. The van der Waals surface area contributed by atoms with Crippen molar-refractivity contribution in [2.75, 3.05) is 33.4 Å². The maximum absolute atomic E-state index is 13.2. The number of fused-ring (bicyclic) bond motifs is 1. The average Bonchev–Trinajstić information content (AvgIpc) is 2.77. The lowest BCUT2D eigenvalue weighted by Crippen LogP contribution is -2.35. The zero-order chi connectivity index (χ0) is 21.8. The molecule has 6 heteroatoms. The molecule has 6 nitrogen and oxygen atoms in total. The van der Waals surface area contributed by atoms with Crippen LogP contribution in [0.1, 0.15) is 32.0 Å². The van der Waals surface area contributed by atoms with E-state index in [1.165, 1.54) is 25.9 Å². The van der Waals surface area contributed by atoms with Gasteiger partial charge in [0.2, 0.25) is 0 Å². The van der Waals surface area contributed by atoms with E-state index in [0.29, 0.717) is 29.1 Å². The molecule has 0 amide bonds. The average molecular weight is 422 g/mol. The Labute approximate surface area is 183 Å². The Morgan fingerprint density at radius 3 is 2.71 bits per heavy atom. The minimum Gasteiger partial charge on any atom is -0.496 e. The first-order valence-corrected chi connectivity index (χ1v) is 11.1. The maximum Gasteiger partial charge on any atom is 0.269 e. The molecule has 1 aliphatic rings. The number of likely N-dealkylation sites (tertiary alicyclic amines) is 1. The monoisotopic (exact) mass is 421 g/mol. The summed E-state index contributed by atoms with van der Waals surface area (Å²) in [6.45, 7) is 8.36. The number of hydrogen-bond acceptors (Lipinski definition) is 5. The van der Waals surface area contributed by atoms with Gasteiger partial charge in [0.25, 0.3) is 5.56 Å². The number of piperidine rings is 1. The molecule has 2 aromatic carbocycles. The second kappa shape index (κ2) is 9.52. The molecule has 0 saturated carbocycles. The van der Waals surface area contributed by atoms with Crippen LogP contribution < -0.4 is 15.0 Å². The van der Waals surface area contributed by atoms with E-state index >= 15 is 0 Å². The van der Waals surface area contributed by atoms with Crippen LogP contribution in [0.15, 0.2) is 47.3 Å². The quantitative estimate of drug-likeness (QED) is 0.535. The van der Waals surface area contributed by atoms with E-state index in [9.17, 15) is 4.79 Å². The van der Waals surface area contributed by atoms with E-state index in [1.54, 1.807) is 17.7 Å². The molecule has 0 unspecified atom stereocenters. The van der Waals surface area contributed by atoms with Crippen LogP contribution in [0.3, 0.4) is 0 Å². The third-order valence-electron chi connectivity index (χ3n) is 5.97. The summed E-state index contributed by atoms with van der Waals surface area (Å²) < 4.78 is 12.9.